The number of tetrazole rings is 1. The fourth-order valence-corrected chi connectivity index (χ4v) is 2.99. The third-order valence-electron chi connectivity index (χ3n) is 3.52. The van der Waals surface area contributed by atoms with Gasteiger partial charge in [0.1, 0.15) is 5.75 Å². The number of aromatic nitrogens is 4. The molecule has 1 heterocycles. The number of amides is 1. The van der Waals surface area contributed by atoms with Crippen molar-refractivity contribution in [1.29, 1.82) is 0 Å². The van der Waals surface area contributed by atoms with Crippen molar-refractivity contribution in [2.75, 3.05) is 11.1 Å². The van der Waals surface area contributed by atoms with Gasteiger partial charge in [-0.05, 0) is 60.2 Å². The third kappa shape index (κ3) is 4.16. The van der Waals surface area contributed by atoms with Gasteiger partial charge in [-0.25, -0.2) is 0 Å². The highest BCUT2D eigenvalue weighted by molar-refractivity contribution is 7.99. The van der Waals surface area contributed by atoms with Crippen LogP contribution in [-0.2, 0) is 4.79 Å². The van der Waals surface area contributed by atoms with Crippen molar-refractivity contribution in [2.24, 2.45) is 0 Å². The summed E-state index contributed by atoms with van der Waals surface area (Å²) < 4.78 is 1.52. The average Bonchev–Trinajstić information content (AvgIpc) is 3.05. The van der Waals surface area contributed by atoms with Crippen LogP contribution < -0.4 is 5.32 Å². The average molecular weight is 355 g/mol. The molecule has 0 bridgehead atoms. The zero-order valence-corrected chi connectivity index (χ0v) is 14.6. The number of rotatable bonds is 5. The standard InChI is InChI=1S/C17H17N5O2S/c1-11-3-8-15(12(2)9-11)18-16(24)10-25-17-19-20-21-22(17)13-4-6-14(23)7-5-13/h3-9,23H,10H2,1-2H3,(H,18,24). The largest absolute Gasteiger partial charge is 0.508 e. The second-order valence-corrected chi connectivity index (χ2v) is 6.49. The number of nitrogens with zero attached hydrogens (tertiary/aromatic N) is 4. The number of hydrogen-bond donors (Lipinski definition) is 2. The maximum Gasteiger partial charge on any atom is 0.234 e. The molecule has 0 aliphatic rings. The Bertz CT molecular complexity index is 892. The molecule has 3 rings (SSSR count). The summed E-state index contributed by atoms with van der Waals surface area (Å²) in [4.78, 5) is 12.2. The lowest BCUT2D eigenvalue weighted by molar-refractivity contribution is -0.113. The molecule has 2 aromatic carbocycles. The Hall–Kier alpha value is -2.87. The minimum Gasteiger partial charge on any atom is -0.508 e. The summed E-state index contributed by atoms with van der Waals surface area (Å²) in [6, 6.07) is 12.4. The molecule has 0 spiro atoms. The summed E-state index contributed by atoms with van der Waals surface area (Å²) in [6.45, 7) is 3.97. The Morgan fingerprint density at radius 1 is 1.20 bits per heavy atom. The Kier molecular flexibility index (Phi) is 4.99. The lowest BCUT2D eigenvalue weighted by Gasteiger charge is -2.09. The number of phenols is 1. The highest BCUT2D eigenvalue weighted by Crippen LogP contribution is 2.21. The molecule has 7 nitrogen and oxygen atoms in total. The number of benzene rings is 2. The fourth-order valence-electron chi connectivity index (χ4n) is 2.30. The molecular weight excluding hydrogens is 338 g/mol. The Morgan fingerprint density at radius 2 is 1.96 bits per heavy atom. The maximum atomic E-state index is 12.2. The van der Waals surface area contributed by atoms with Gasteiger partial charge in [0, 0.05) is 5.69 Å². The van der Waals surface area contributed by atoms with Crippen molar-refractivity contribution >= 4 is 23.4 Å². The highest BCUT2D eigenvalue weighted by Gasteiger charge is 2.12. The van der Waals surface area contributed by atoms with E-state index in [-0.39, 0.29) is 17.4 Å². The molecular formula is C17H17N5O2S. The number of hydrogen-bond acceptors (Lipinski definition) is 6. The van der Waals surface area contributed by atoms with Gasteiger partial charge in [0.25, 0.3) is 0 Å². The fraction of sp³-hybridized carbons (Fsp3) is 0.176. The van der Waals surface area contributed by atoms with Crippen LogP contribution in [0, 0.1) is 13.8 Å². The number of thioether (sulfide) groups is 1. The van der Waals surface area contributed by atoms with Gasteiger partial charge >= 0.3 is 0 Å². The number of phenolic OH excluding ortho intramolecular Hbond substituents is 1. The predicted octanol–water partition coefficient (Wildman–Crippen LogP) is 2.72. The van der Waals surface area contributed by atoms with Gasteiger partial charge in [-0.2, -0.15) is 4.68 Å². The molecule has 1 amide bonds. The Labute approximate surface area is 149 Å². The monoisotopic (exact) mass is 355 g/mol. The molecule has 0 radical (unpaired) electrons. The van der Waals surface area contributed by atoms with E-state index in [1.165, 1.54) is 16.4 Å². The first-order chi connectivity index (χ1) is 12.0. The molecule has 0 saturated heterocycles. The van der Waals surface area contributed by atoms with Crippen molar-refractivity contribution in [1.82, 2.24) is 20.2 Å². The van der Waals surface area contributed by atoms with Crippen molar-refractivity contribution in [3.8, 4) is 11.4 Å². The molecule has 128 valence electrons. The van der Waals surface area contributed by atoms with E-state index >= 15 is 0 Å². The molecule has 2 N–H and O–H groups in total. The number of aromatic hydroxyl groups is 1. The third-order valence-corrected chi connectivity index (χ3v) is 4.44. The predicted molar refractivity (Wildman–Crippen MR) is 96.1 cm³/mol. The van der Waals surface area contributed by atoms with Crippen LogP contribution in [0.4, 0.5) is 5.69 Å². The molecule has 0 fully saturated rings. The van der Waals surface area contributed by atoms with Crippen LogP contribution in [0.1, 0.15) is 11.1 Å². The molecule has 1 aromatic heterocycles. The van der Waals surface area contributed by atoms with Gasteiger partial charge in [-0.3, -0.25) is 4.79 Å². The topological polar surface area (TPSA) is 92.9 Å². The first-order valence-electron chi connectivity index (χ1n) is 7.60. The lowest BCUT2D eigenvalue weighted by Crippen LogP contribution is -2.15. The molecule has 3 aromatic rings. The smallest absolute Gasteiger partial charge is 0.234 e. The second-order valence-electron chi connectivity index (χ2n) is 5.54. The Morgan fingerprint density at radius 3 is 2.68 bits per heavy atom. The SMILES string of the molecule is Cc1ccc(NC(=O)CSc2nnnn2-c2ccc(O)cc2)c(C)c1. The van der Waals surface area contributed by atoms with Gasteiger partial charge in [0.2, 0.25) is 11.1 Å². The van der Waals surface area contributed by atoms with Crippen LogP contribution in [0.5, 0.6) is 5.75 Å². The summed E-state index contributed by atoms with van der Waals surface area (Å²) >= 11 is 1.24. The molecule has 0 aliphatic carbocycles. The zero-order valence-electron chi connectivity index (χ0n) is 13.8. The van der Waals surface area contributed by atoms with Crippen LogP contribution in [0.25, 0.3) is 5.69 Å². The minimum atomic E-state index is -0.128. The van der Waals surface area contributed by atoms with Gasteiger partial charge in [0.15, 0.2) is 0 Å². The first kappa shape index (κ1) is 17.0. The van der Waals surface area contributed by atoms with Crippen molar-refractivity contribution in [3.63, 3.8) is 0 Å². The summed E-state index contributed by atoms with van der Waals surface area (Å²) in [5.41, 5.74) is 3.68. The van der Waals surface area contributed by atoms with E-state index in [9.17, 15) is 9.90 Å². The number of carbonyl (C=O) groups excluding carboxylic acids is 1. The minimum absolute atomic E-state index is 0.128. The zero-order chi connectivity index (χ0) is 17.8. The quantitative estimate of drug-likeness (QED) is 0.684. The first-order valence-corrected chi connectivity index (χ1v) is 8.59. The van der Waals surface area contributed by atoms with Gasteiger partial charge in [0.05, 0.1) is 11.4 Å². The number of nitrogens with one attached hydrogen (secondary N) is 1. The van der Waals surface area contributed by atoms with E-state index in [0.29, 0.717) is 10.8 Å². The van der Waals surface area contributed by atoms with Crippen LogP contribution in [0.2, 0.25) is 0 Å². The van der Waals surface area contributed by atoms with Gasteiger partial charge < -0.3 is 10.4 Å². The summed E-state index contributed by atoms with van der Waals surface area (Å²) in [7, 11) is 0. The number of anilines is 1. The summed E-state index contributed by atoms with van der Waals surface area (Å²) in [6.07, 6.45) is 0. The number of carbonyl (C=O) groups is 1. The molecule has 0 aliphatic heterocycles. The van der Waals surface area contributed by atoms with Crippen molar-refractivity contribution in [2.45, 2.75) is 19.0 Å². The van der Waals surface area contributed by atoms with Crippen LogP contribution in [-0.4, -0.2) is 37.0 Å². The van der Waals surface area contributed by atoms with Crippen molar-refractivity contribution in [3.05, 3.63) is 53.6 Å². The lowest BCUT2D eigenvalue weighted by atomic mass is 10.1. The number of aryl methyl sites for hydroxylation is 2. The van der Waals surface area contributed by atoms with E-state index < -0.39 is 0 Å². The van der Waals surface area contributed by atoms with Gasteiger partial charge in [-0.15, -0.1) is 5.10 Å². The molecule has 0 atom stereocenters. The van der Waals surface area contributed by atoms with E-state index in [0.717, 1.165) is 16.8 Å². The van der Waals surface area contributed by atoms with E-state index in [4.69, 9.17) is 0 Å². The van der Waals surface area contributed by atoms with E-state index in [2.05, 4.69) is 20.8 Å². The van der Waals surface area contributed by atoms with Crippen molar-refractivity contribution < 1.29 is 9.90 Å². The summed E-state index contributed by atoms with van der Waals surface area (Å²) in [5.74, 6) is 0.224. The molecule has 0 saturated carbocycles. The normalized spacial score (nSPS) is 10.6. The molecule has 8 heteroatoms. The van der Waals surface area contributed by atoms with E-state index in [1.807, 2.05) is 32.0 Å². The van der Waals surface area contributed by atoms with Crippen LogP contribution >= 0.6 is 11.8 Å². The van der Waals surface area contributed by atoms with Crippen LogP contribution in [0.3, 0.4) is 0 Å². The van der Waals surface area contributed by atoms with E-state index in [1.54, 1.807) is 24.3 Å². The van der Waals surface area contributed by atoms with Gasteiger partial charge in [-0.1, -0.05) is 29.5 Å². The van der Waals surface area contributed by atoms with Crippen LogP contribution in [0.15, 0.2) is 47.6 Å². The molecule has 25 heavy (non-hydrogen) atoms. The Balaban J connectivity index is 1.65. The second kappa shape index (κ2) is 7.35. The maximum absolute atomic E-state index is 12.2. The molecule has 0 unspecified atom stereocenters. The highest BCUT2D eigenvalue weighted by atomic mass is 32.2. The summed E-state index contributed by atoms with van der Waals surface area (Å²) in [5, 5.41) is 24.3.